The number of fused-ring (bicyclic) bond motifs is 1. The summed E-state index contributed by atoms with van der Waals surface area (Å²) >= 11 is 2.95. The molecule has 3 aromatic heterocycles. The summed E-state index contributed by atoms with van der Waals surface area (Å²) in [7, 11) is -8.93. The van der Waals surface area contributed by atoms with Crippen molar-refractivity contribution >= 4 is 87.1 Å². The molecule has 1 saturated heterocycles. The number of anilines is 2. The van der Waals surface area contributed by atoms with Gasteiger partial charge >= 0.3 is 6.09 Å². The number of hydrogen-bond acceptors (Lipinski definition) is 11. The van der Waals surface area contributed by atoms with E-state index < -0.39 is 31.7 Å². The molecular weight excluding hydrogens is 641 g/mol. The molecule has 5 rings (SSSR count). The van der Waals surface area contributed by atoms with Gasteiger partial charge in [0.15, 0.2) is 5.13 Å². The topological polar surface area (TPSA) is 143 Å². The number of rotatable bonds is 7. The zero-order valence-corrected chi connectivity index (χ0v) is 26.9. The summed E-state index contributed by atoms with van der Waals surface area (Å²) in [4.78, 5) is 31.4. The summed E-state index contributed by atoms with van der Waals surface area (Å²) < 4.78 is 60.5. The van der Waals surface area contributed by atoms with Gasteiger partial charge in [0.2, 0.25) is 5.91 Å². The predicted octanol–water partition coefficient (Wildman–Crippen LogP) is 5.59. The van der Waals surface area contributed by atoms with Gasteiger partial charge in [-0.15, -0.1) is 22.7 Å². The zero-order chi connectivity index (χ0) is 30.3. The lowest BCUT2D eigenvalue weighted by atomic mass is 9.96. The van der Waals surface area contributed by atoms with Gasteiger partial charge < -0.3 is 15.0 Å². The van der Waals surface area contributed by atoms with Crippen LogP contribution in [0.15, 0.2) is 61.6 Å². The van der Waals surface area contributed by atoms with Crippen LogP contribution in [0.1, 0.15) is 33.6 Å². The van der Waals surface area contributed by atoms with Crippen LogP contribution in [-0.4, -0.2) is 57.4 Å². The lowest BCUT2D eigenvalue weighted by Crippen LogP contribution is -2.43. The Morgan fingerprint density at radius 3 is 2.10 bits per heavy atom. The van der Waals surface area contributed by atoms with Gasteiger partial charge in [-0.2, -0.15) is 20.5 Å². The molecule has 4 aromatic rings. The normalized spacial score (nSPS) is 15.1. The molecule has 0 spiro atoms. The molecule has 4 heterocycles. The van der Waals surface area contributed by atoms with Crippen molar-refractivity contribution in [2.24, 2.45) is 5.92 Å². The van der Waals surface area contributed by atoms with E-state index in [0.29, 0.717) is 45.0 Å². The SMILES string of the molecule is CC(C)(C)OC(=O)N1CCC(C(=O)Nc2nc3ccc(N(S(=O)(=O)c4cccs4)S(=O)(=O)c4cccs4)cc3s2)CC1. The van der Waals surface area contributed by atoms with Crippen molar-refractivity contribution in [1.82, 2.24) is 9.88 Å². The summed E-state index contributed by atoms with van der Waals surface area (Å²) in [6, 6.07) is 10.1. The Kier molecular flexibility index (Phi) is 8.37. The van der Waals surface area contributed by atoms with E-state index in [2.05, 4.69) is 10.3 Å². The van der Waals surface area contributed by atoms with Crippen LogP contribution in [0.3, 0.4) is 0 Å². The molecule has 16 heteroatoms. The Hall–Kier alpha value is -3.05. The first-order valence-electron chi connectivity index (χ1n) is 12.8. The number of sulfonamides is 2. The number of thiazole rings is 1. The van der Waals surface area contributed by atoms with Gasteiger partial charge in [0, 0.05) is 19.0 Å². The Labute approximate surface area is 255 Å². The third-order valence-corrected chi connectivity index (χ3v) is 14.1. The molecule has 0 aliphatic carbocycles. The number of likely N-dealkylation sites (tertiary alicyclic amines) is 1. The fourth-order valence-corrected chi connectivity index (χ4v) is 11.3. The lowest BCUT2D eigenvalue weighted by molar-refractivity contribution is -0.121. The lowest BCUT2D eigenvalue weighted by Gasteiger charge is -2.32. The molecule has 1 fully saturated rings. The zero-order valence-electron chi connectivity index (χ0n) is 22.8. The van der Waals surface area contributed by atoms with Crippen LogP contribution in [-0.2, 0) is 29.6 Å². The van der Waals surface area contributed by atoms with E-state index in [1.54, 1.807) is 36.4 Å². The van der Waals surface area contributed by atoms with Gasteiger partial charge in [-0.1, -0.05) is 23.5 Å². The molecule has 0 unspecified atom stereocenters. The fourth-order valence-electron chi connectivity index (χ4n) is 4.33. The fraction of sp³-hybridized carbons (Fsp3) is 0.346. The molecular formula is C26H28N4O7S5. The smallest absolute Gasteiger partial charge is 0.410 e. The van der Waals surface area contributed by atoms with E-state index in [0.717, 1.165) is 34.0 Å². The van der Waals surface area contributed by atoms with Crippen molar-refractivity contribution in [1.29, 1.82) is 0 Å². The predicted molar refractivity (Wildman–Crippen MR) is 164 cm³/mol. The molecule has 224 valence electrons. The highest BCUT2D eigenvalue weighted by molar-refractivity contribution is 8.11. The van der Waals surface area contributed by atoms with Crippen molar-refractivity contribution in [2.75, 3.05) is 22.1 Å². The number of nitrogens with one attached hydrogen (secondary N) is 1. The van der Waals surface area contributed by atoms with E-state index in [9.17, 15) is 26.4 Å². The van der Waals surface area contributed by atoms with E-state index in [1.807, 2.05) is 0 Å². The summed E-state index contributed by atoms with van der Waals surface area (Å²) in [6.45, 7) is 6.19. The number of carbonyl (C=O) groups is 2. The molecule has 11 nitrogen and oxygen atoms in total. The minimum atomic E-state index is -4.46. The number of piperidine rings is 1. The van der Waals surface area contributed by atoms with Crippen molar-refractivity contribution in [2.45, 2.75) is 47.6 Å². The molecule has 0 saturated carbocycles. The summed E-state index contributed by atoms with van der Waals surface area (Å²) in [5.41, 5.74) is -0.196. The second kappa shape index (κ2) is 11.6. The van der Waals surface area contributed by atoms with Gasteiger partial charge in [0.25, 0.3) is 20.0 Å². The van der Waals surface area contributed by atoms with E-state index in [1.165, 1.54) is 42.5 Å². The minimum Gasteiger partial charge on any atom is -0.444 e. The van der Waals surface area contributed by atoms with Gasteiger partial charge in [-0.25, -0.2) is 9.78 Å². The number of ether oxygens (including phenoxy) is 1. The molecule has 1 aliphatic heterocycles. The van der Waals surface area contributed by atoms with Crippen LogP contribution in [0.2, 0.25) is 0 Å². The van der Waals surface area contributed by atoms with Crippen LogP contribution < -0.4 is 9.03 Å². The van der Waals surface area contributed by atoms with Gasteiger partial charge in [0.1, 0.15) is 14.0 Å². The van der Waals surface area contributed by atoms with Crippen LogP contribution in [0.4, 0.5) is 15.6 Å². The number of benzene rings is 1. The first-order chi connectivity index (χ1) is 19.8. The summed E-state index contributed by atoms with van der Waals surface area (Å²) in [6.07, 6.45) is 0.534. The quantitative estimate of drug-likeness (QED) is 0.269. The van der Waals surface area contributed by atoms with Crippen molar-refractivity contribution in [3.8, 4) is 0 Å². The summed E-state index contributed by atoms with van der Waals surface area (Å²) in [5.74, 6) is -0.561. The molecule has 0 radical (unpaired) electrons. The molecule has 42 heavy (non-hydrogen) atoms. The van der Waals surface area contributed by atoms with E-state index in [-0.39, 0.29) is 25.9 Å². The van der Waals surface area contributed by atoms with Crippen LogP contribution in [0, 0.1) is 5.92 Å². The van der Waals surface area contributed by atoms with E-state index >= 15 is 0 Å². The molecule has 1 aliphatic rings. The maximum Gasteiger partial charge on any atom is 0.410 e. The Balaban J connectivity index is 1.36. The maximum atomic E-state index is 13.6. The van der Waals surface area contributed by atoms with Crippen LogP contribution >= 0.6 is 34.0 Å². The molecule has 2 amide bonds. The van der Waals surface area contributed by atoms with Crippen molar-refractivity contribution in [3.63, 3.8) is 0 Å². The average Bonchev–Trinajstić information content (AvgIpc) is 3.70. The first-order valence-corrected chi connectivity index (χ1v) is 18.3. The maximum absolute atomic E-state index is 13.6. The molecule has 0 atom stereocenters. The molecule has 1 N–H and O–H groups in total. The highest BCUT2D eigenvalue weighted by Gasteiger charge is 2.38. The van der Waals surface area contributed by atoms with Crippen molar-refractivity contribution < 1.29 is 31.2 Å². The average molecular weight is 669 g/mol. The molecule has 0 bridgehead atoms. The van der Waals surface area contributed by atoms with Gasteiger partial charge in [0.05, 0.1) is 15.9 Å². The third-order valence-electron chi connectivity index (χ3n) is 6.27. The van der Waals surface area contributed by atoms with Crippen molar-refractivity contribution in [3.05, 3.63) is 53.2 Å². The summed E-state index contributed by atoms with van der Waals surface area (Å²) in [5, 5.41) is 6.25. The first kappa shape index (κ1) is 30.4. The Morgan fingerprint density at radius 2 is 1.57 bits per heavy atom. The number of carbonyl (C=O) groups excluding carboxylic acids is 2. The van der Waals surface area contributed by atoms with Crippen LogP contribution in [0.5, 0.6) is 0 Å². The van der Waals surface area contributed by atoms with E-state index in [4.69, 9.17) is 4.74 Å². The van der Waals surface area contributed by atoms with Gasteiger partial charge in [-0.05, 0) is 74.7 Å². The second-order valence-electron chi connectivity index (χ2n) is 10.5. The third kappa shape index (κ3) is 6.32. The monoisotopic (exact) mass is 668 g/mol. The number of aromatic nitrogens is 1. The Bertz CT molecular complexity index is 1740. The number of amides is 2. The van der Waals surface area contributed by atoms with Crippen LogP contribution in [0.25, 0.3) is 10.2 Å². The number of hydrogen-bond donors (Lipinski definition) is 1. The second-order valence-corrected chi connectivity index (χ2v) is 17.7. The largest absolute Gasteiger partial charge is 0.444 e. The Morgan fingerprint density at radius 1 is 0.976 bits per heavy atom. The minimum absolute atomic E-state index is 0.0691. The highest BCUT2D eigenvalue weighted by Crippen LogP contribution is 2.37. The van der Waals surface area contributed by atoms with Gasteiger partial charge in [-0.3, -0.25) is 4.79 Å². The standard InChI is InChI=1S/C26H28N4O7S5/c1-26(2,3)37-25(32)29-12-10-17(11-13-29)23(31)28-24-27-19-9-8-18(16-20(19)40-24)30(41(33,34)21-6-4-14-38-21)42(35,36)22-7-5-15-39-22/h4-9,14-17H,10-13H2,1-3H3,(H,27,28,31). The highest BCUT2D eigenvalue weighted by atomic mass is 32.3. The number of nitrogens with zero attached hydrogens (tertiary/aromatic N) is 3. The molecule has 1 aromatic carbocycles. The number of thiophene rings is 2.